The zero-order chi connectivity index (χ0) is 15.7. The molecule has 2 aromatic heterocycles. The zero-order valence-corrected chi connectivity index (χ0v) is 11.3. The van der Waals surface area contributed by atoms with Gasteiger partial charge in [-0.1, -0.05) is 0 Å². The molecule has 0 amide bonds. The van der Waals surface area contributed by atoms with Gasteiger partial charge in [-0.15, -0.1) is 0 Å². The average molecular weight is 299 g/mol. The maximum Gasteiger partial charge on any atom is 0.311 e. The average Bonchev–Trinajstić information content (AvgIpc) is 2.95. The van der Waals surface area contributed by atoms with E-state index in [1.807, 2.05) is 0 Å². The minimum atomic E-state index is -0.587. The Hall–Kier alpha value is -3.36. The predicted molar refractivity (Wildman–Crippen MR) is 74.1 cm³/mol. The van der Waals surface area contributed by atoms with Crippen molar-refractivity contribution in [1.29, 1.82) is 0 Å². The molecule has 9 heteroatoms. The van der Waals surface area contributed by atoms with Crippen LogP contribution in [-0.2, 0) is 0 Å². The van der Waals surface area contributed by atoms with Crippen LogP contribution in [-0.4, -0.2) is 30.8 Å². The predicted octanol–water partition coefficient (Wildman–Crippen LogP) is 1.95. The highest BCUT2D eigenvalue weighted by Crippen LogP contribution is 2.32. The number of nitro benzene ring substituents is 1. The first-order valence-electron chi connectivity index (χ1n) is 6.17. The van der Waals surface area contributed by atoms with Crippen LogP contribution >= 0.6 is 0 Å². The number of fused-ring (bicyclic) bond motifs is 1. The lowest BCUT2D eigenvalue weighted by molar-refractivity contribution is -0.385. The van der Waals surface area contributed by atoms with E-state index in [1.165, 1.54) is 29.0 Å². The van der Waals surface area contributed by atoms with Crippen molar-refractivity contribution in [2.75, 3.05) is 0 Å². The summed E-state index contributed by atoms with van der Waals surface area (Å²) in [6, 6.07) is 5.43. The van der Waals surface area contributed by atoms with E-state index in [0.717, 1.165) is 0 Å². The van der Waals surface area contributed by atoms with Gasteiger partial charge < -0.3 is 4.74 Å². The van der Waals surface area contributed by atoms with E-state index < -0.39 is 4.92 Å². The van der Waals surface area contributed by atoms with Crippen molar-refractivity contribution < 1.29 is 14.5 Å². The molecule has 3 rings (SSSR count). The fourth-order valence-electron chi connectivity index (χ4n) is 1.92. The molecule has 0 radical (unpaired) electrons. The Morgan fingerprint density at radius 3 is 2.91 bits per heavy atom. The van der Waals surface area contributed by atoms with Gasteiger partial charge in [-0.2, -0.15) is 14.6 Å². The fourth-order valence-corrected chi connectivity index (χ4v) is 1.92. The van der Waals surface area contributed by atoms with Crippen LogP contribution in [0.4, 0.5) is 5.69 Å². The number of nitro groups is 1. The number of carbonyl (C=O) groups excluding carboxylic acids is 1. The van der Waals surface area contributed by atoms with Gasteiger partial charge in [0.15, 0.2) is 0 Å². The van der Waals surface area contributed by atoms with Crippen molar-refractivity contribution in [2.45, 2.75) is 6.92 Å². The normalized spacial score (nSPS) is 10.6. The van der Waals surface area contributed by atoms with Gasteiger partial charge >= 0.3 is 5.69 Å². The van der Waals surface area contributed by atoms with Gasteiger partial charge in [-0.05, 0) is 19.1 Å². The number of aldehydes is 1. The molecule has 3 aromatic rings. The highest BCUT2D eigenvalue weighted by Gasteiger charge is 2.18. The van der Waals surface area contributed by atoms with Crippen LogP contribution in [0.5, 0.6) is 11.6 Å². The second-order valence-corrected chi connectivity index (χ2v) is 4.41. The van der Waals surface area contributed by atoms with E-state index in [9.17, 15) is 14.9 Å². The summed E-state index contributed by atoms with van der Waals surface area (Å²) >= 11 is 0. The molecule has 1 aromatic carbocycles. The number of rotatable bonds is 4. The van der Waals surface area contributed by atoms with Crippen LogP contribution in [0.3, 0.4) is 0 Å². The molecule has 0 bridgehead atoms. The molecule has 2 heterocycles. The molecule has 0 unspecified atom stereocenters. The third kappa shape index (κ3) is 2.35. The minimum Gasteiger partial charge on any atom is -0.432 e. The van der Waals surface area contributed by atoms with Crippen molar-refractivity contribution in [3.8, 4) is 11.6 Å². The Morgan fingerprint density at radius 2 is 2.18 bits per heavy atom. The summed E-state index contributed by atoms with van der Waals surface area (Å²) in [6.45, 7) is 1.73. The van der Waals surface area contributed by atoms with Crippen molar-refractivity contribution in [1.82, 2.24) is 19.6 Å². The number of aryl methyl sites for hydroxylation is 1. The van der Waals surface area contributed by atoms with E-state index in [-0.39, 0.29) is 22.9 Å². The third-order valence-corrected chi connectivity index (χ3v) is 2.88. The van der Waals surface area contributed by atoms with Crippen LogP contribution in [0.15, 0.2) is 30.6 Å². The lowest BCUT2D eigenvalue weighted by atomic mass is 10.2. The number of nitrogens with zero attached hydrogens (tertiary/aromatic N) is 5. The largest absolute Gasteiger partial charge is 0.432 e. The summed E-state index contributed by atoms with van der Waals surface area (Å²) in [5.41, 5.74) is 0.624. The molecular formula is C13H9N5O4. The number of hydrogen-bond donors (Lipinski definition) is 0. The van der Waals surface area contributed by atoms with Gasteiger partial charge in [0.25, 0.3) is 5.78 Å². The van der Waals surface area contributed by atoms with Crippen LogP contribution in [0.25, 0.3) is 5.78 Å². The molecule has 110 valence electrons. The highest BCUT2D eigenvalue weighted by atomic mass is 16.6. The van der Waals surface area contributed by atoms with Crippen LogP contribution < -0.4 is 4.74 Å². The molecular weight excluding hydrogens is 290 g/mol. The quantitative estimate of drug-likeness (QED) is 0.411. The maximum atomic E-state index is 11.1. The number of carbonyl (C=O) groups is 1. The van der Waals surface area contributed by atoms with E-state index in [0.29, 0.717) is 17.8 Å². The Balaban J connectivity index is 2.13. The summed E-state index contributed by atoms with van der Waals surface area (Å²) in [5.74, 6) is 0.465. The Bertz CT molecular complexity index is 889. The molecule has 0 N–H and O–H groups in total. The smallest absolute Gasteiger partial charge is 0.311 e. The molecule has 0 aliphatic heterocycles. The van der Waals surface area contributed by atoms with Crippen molar-refractivity contribution in [2.24, 2.45) is 0 Å². The highest BCUT2D eigenvalue weighted by molar-refractivity contribution is 5.77. The first-order chi connectivity index (χ1) is 10.6. The number of benzene rings is 1. The summed E-state index contributed by atoms with van der Waals surface area (Å²) in [4.78, 5) is 29.4. The molecule has 22 heavy (non-hydrogen) atoms. The Kier molecular flexibility index (Phi) is 3.22. The maximum absolute atomic E-state index is 11.1. The van der Waals surface area contributed by atoms with Gasteiger partial charge in [0.1, 0.15) is 12.6 Å². The molecule has 0 saturated carbocycles. The fraction of sp³-hybridized carbons (Fsp3) is 0.0769. The summed E-state index contributed by atoms with van der Waals surface area (Å²) in [7, 11) is 0. The van der Waals surface area contributed by atoms with Gasteiger partial charge in [-0.25, -0.2) is 4.98 Å². The van der Waals surface area contributed by atoms with Gasteiger partial charge in [0, 0.05) is 23.4 Å². The first kappa shape index (κ1) is 13.6. The Labute approximate surface area is 123 Å². The van der Waals surface area contributed by atoms with Crippen LogP contribution in [0, 0.1) is 17.0 Å². The van der Waals surface area contributed by atoms with E-state index in [1.54, 1.807) is 13.0 Å². The van der Waals surface area contributed by atoms with Crippen molar-refractivity contribution >= 4 is 17.8 Å². The van der Waals surface area contributed by atoms with E-state index in [2.05, 4.69) is 15.1 Å². The lowest BCUT2D eigenvalue weighted by Crippen LogP contribution is -2.01. The molecule has 0 aliphatic carbocycles. The van der Waals surface area contributed by atoms with Crippen molar-refractivity contribution in [3.05, 3.63) is 52.0 Å². The monoisotopic (exact) mass is 299 g/mol. The molecule has 0 atom stereocenters. The second kappa shape index (κ2) is 5.20. The lowest BCUT2D eigenvalue weighted by Gasteiger charge is -2.08. The standard InChI is InChI=1S/C13H9N5O4/c1-8-4-12(17-13(16-8)14-7-15-17)22-11-5-9(6-19)2-3-10(11)18(20)21/h2-7H,1H3. The summed E-state index contributed by atoms with van der Waals surface area (Å²) < 4.78 is 6.90. The molecule has 0 saturated heterocycles. The molecule has 0 aliphatic rings. The topological polar surface area (TPSA) is 113 Å². The number of aromatic nitrogens is 4. The van der Waals surface area contributed by atoms with Crippen LogP contribution in [0.2, 0.25) is 0 Å². The molecule has 9 nitrogen and oxygen atoms in total. The van der Waals surface area contributed by atoms with Gasteiger partial charge in [0.05, 0.1) is 4.92 Å². The van der Waals surface area contributed by atoms with Crippen LogP contribution in [0.1, 0.15) is 16.1 Å². The Morgan fingerprint density at radius 1 is 1.36 bits per heavy atom. The SMILES string of the molecule is Cc1cc(Oc2cc(C=O)ccc2[N+](=O)[O-])n2ncnc2n1. The minimum absolute atomic E-state index is 0.0583. The van der Waals surface area contributed by atoms with Gasteiger partial charge in [0.2, 0.25) is 11.6 Å². The number of ether oxygens (including phenoxy) is 1. The molecule has 0 spiro atoms. The van der Waals surface area contributed by atoms with Gasteiger partial charge in [-0.3, -0.25) is 14.9 Å². The second-order valence-electron chi connectivity index (χ2n) is 4.41. The summed E-state index contributed by atoms with van der Waals surface area (Å²) in [6.07, 6.45) is 1.88. The summed E-state index contributed by atoms with van der Waals surface area (Å²) in [5, 5.41) is 15.0. The molecule has 0 fully saturated rings. The van der Waals surface area contributed by atoms with Crippen molar-refractivity contribution in [3.63, 3.8) is 0 Å². The van der Waals surface area contributed by atoms with E-state index in [4.69, 9.17) is 4.74 Å². The number of hydrogen-bond acceptors (Lipinski definition) is 7. The third-order valence-electron chi connectivity index (χ3n) is 2.88. The zero-order valence-electron chi connectivity index (χ0n) is 11.3. The first-order valence-corrected chi connectivity index (χ1v) is 6.17. The van der Waals surface area contributed by atoms with E-state index >= 15 is 0 Å².